The van der Waals surface area contributed by atoms with Gasteiger partial charge in [-0.2, -0.15) is 9.61 Å². The highest BCUT2D eigenvalue weighted by Crippen LogP contribution is 2.35. The molecule has 35 heavy (non-hydrogen) atoms. The summed E-state index contributed by atoms with van der Waals surface area (Å²) in [5.74, 6) is -0.114. The topological polar surface area (TPSA) is 63.4 Å². The van der Waals surface area contributed by atoms with Gasteiger partial charge in [-0.25, -0.2) is 0 Å². The SMILES string of the molecule is CN(CCc1ccccc1)C(=O)c1nnc2cc(-c3ccc(Cl)cc3)c(-c3ccccc3Cl)nn12. The second-order valence-electron chi connectivity index (χ2n) is 8.15. The highest BCUT2D eigenvalue weighted by atomic mass is 35.5. The molecular weight excluding hydrogens is 481 g/mol. The van der Waals surface area contributed by atoms with E-state index in [1.165, 1.54) is 4.52 Å². The average Bonchev–Trinajstić information content (AvgIpc) is 3.30. The fourth-order valence-electron chi connectivity index (χ4n) is 3.88. The van der Waals surface area contributed by atoms with E-state index in [0.717, 1.165) is 28.7 Å². The fourth-order valence-corrected chi connectivity index (χ4v) is 4.23. The van der Waals surface area contributed by atoms with Crippen molar-refractivity contribution in [3.8, 4) is 22.4 Å². The summed E-state index contributed by atoms with van der Waals surface area (Å²) in [6, 6.07) is 26.8. The number of hydrogen-bond donors (Lipinski definition) is 0. The normalized spacial score (nSPS) is 11.1. The lowest BCUT2D eigenvalue weighted by Gasteiger charge is -2.16. The molecule has 0 fully saturated rings. The van der Waals surface area contributed by atoms with E-state index in [0.29, 0.717) is 27.9 Å². The van der Waals surface area contributed by atoms with Crippen LogP contribution in [0.2, 0.25) is 10.0 Å². The molecule has 6 nitrogen and oxygen atoms in total. The van der Waals surface area contributed by atoms with Crippen LogP contribution in [0.3, 0.4) is 0 Å². The number of likely N-dealkylation sites (N-methyl/N-ethyl adjacent to an activating group) is 1. The quantitative estimate of drug-likeness (QED) is 0.282. The molecule has 1 amide bonds. The summed E-state index contributed by atoms with van der Waals surface area (Å²) in [7, 11) is 1.75. The van der Waals surface area contributed by atoms with Gasteiger partial charge >= 0.3 is 0 Å². The molecule has 8 heteroatoms. The smallest absolute Gasteiger partial charge is 0.293 e. The van der Waals surface area contributed by atoms with Gasteiger partial charge in [0.15, 0.2) is 5.65 Å². The number of hydrogen-bond acceptors (Lipinski definition) is 4. The number of rotatable bonds is 6. The van der Waals surface area contributed by atoms with Crippen LogP contribution in [0.1, 0.15) is 16.2 Å². The van der Waals surface area contributed by atoms with Gasteiger partial charge in [0.25, 0.3) is 5.91 Å². The largest absolute Gasteiger partial charge is 0.339 e. The van der Waals surface area contributed by atoms with Gasteiger partial charge in [0.1, 0.15) is 5.69 Å². The predicted molar refractivity (Wildman–Crippen MR) is 139 cm³/mol. The summed E-state index contributed by atoms with van der Waals surface area (Å²) in [4.78, 5) is 14.9. The first-order chi connectivity index (χ1) is 17.0. The van der Waals surface area contributed by atoms with Crippen molar-refractivity contribution in [2.45, 2.75) is 6.42 Å². The van der Waals surface area contributed by atoms with E-state index in [1.54, 1.807) is 11.9 Å². The van der Waals surface area contributed by atoms with Gasteiger partial charge in [-0.1, -0.05) is 83.9 Å². The zero-order chi connectivity index (χ0) is 24.4. The maximum absolute atomic E-state index is 13.3. The van der Waals surface area contributed by atoms with Gasteiger partial charge in [-0.05, 0) is 41.8 Å². The standard InChI is InChI=1S/C27H21Cl2N5O/c1-33(16-15-18-7-3-2-4-8-18)27(35)26-31-30-24-17-22(19-11-13-20(28)14-12-19)25(32-34(24)26)21-9-5-6-10-23(21)29/h2-14,17H,15-16H2,1H3. The van der Waals surface area contributed by atoms with E-state index in [9.17, 15) is 4.79 Å². The minimum atomic E-state index is -0.259. The third kappa shape index (κ3) is 4.76. The van der Waals surface area contributed by atoms with E-state index in [-0.39, 0.29) is 11.7 Å². The highest BCUT2D eigenvalue weighted by molar-refractivity contribution is 6.33. The molecule has 0 unspecified atom stereocenters. The Morgan fingerprint density at radius 3 is 2.34 bits per heavy atom. The molecule has 5 aromatic rings. The zero-order valence-electron chi connectivity index (χ0n) is 18.9. The van der Waals surface area contributed by atoms with Gasteiger partial charge in [0, 0.05) is 29.7 Å². The van der Waals surface area contributed by atoms with E-state index < -0.39 is 0 Å². The summed E-state index contributed by atoms with van der Waals surface area (Å²) in [5.41, 5.74) is 4.69. The number of halogens is 2. The first-order valence-corrected chi connectivity index (χ1v) is 11.8. The fraction of sp³-hybridized carbons (Fsp3) is 0.111. The first-order valence-electron chi connectivity index (χ1n) is 11.1. The van der Waals surface area contributed by atoms with Crippen molar-refractivity contribution >= 4 is 34.8 Å². The van der Waals surface area contributed by atoms with Crippen molar-refractivity contribution in [1.29, 1.82) is 0 Å². The number of carbonyl (C=O) groups excluding carboxylic acids is 1. The van der Waals surface area contributed by atoms with Crippen LogP contribution in [0.15, 0.2) is 84.9 Å². The molecule has 0 aliphatic carbocycles. The maximum atomic E-state index is 13.3. The molecule has 0 atom stereocenters. The summed E-state index contributed by atoms with van der Waals surface area (Å²) in [6.45, 7) is 0.540. The van der Waals surface area contributed by atoms with Crippen molar-refractivity contribution in [3.05, 3.63) is 106 Å². The Labute approximate surface area is 212 Å². The molecular formula is C27H21Cl2N5O. The second-order valence-corrected chi connectivity index (χ2v) is 8.99. The summed E-state index contributed by atoms with van der Waals surface area (Å²) < 4.78 is 1.49. The number of aromatic nitrogens is 4. The van der Waals surface area contributed by atoms with Gasteiger partial charge in [0.05, 0.1) is 5.02 Å². The number of amides is 1. The molecule has 5 rings (SSSR count). The second kappa shape index (κ2) is 9.86. The van der Waals surface area contributed by atoms with E-state index >= 15 is 0 Å². The van der Waals surface area contributed by atoms with Crippen LogP contribution >= 0.6 is 23.2 Å². The molecule has 0 spiro atoms. The molecule has 3 aromatic carbocycles. The lowest BCUT2D eigenvalue weighted by molar-refractivity contribution is 0.0782. The van der Waals surface area contributed by atoms with Crippen LogP contribution in [-0.2, 0) is 6.42 Å². The van der Waals surface area contributed by atoms with Crippen LogP contribution in [0, 0.1) is 0 Å². The van der Waals surface area contributed by atoms with Crippen molar-refractivity contribution in [2.24, 2.45) is 0 Å². The molecule has 0 aliphatic rings. The first kappa shape index (κ1) is 23.0. The zero-order valence-corrected chi connectivity index (χ0v) is 20.4. The number of fused-ring (bicyclic) bond motifs is 1. The van der Waals surface area contributed by atoms with Crippen LogP contribution < -0.4 is 0 Å². The van der Waals surface area contributed by atoms with Crippen molar-refractivity contribution in [1.82, 2.24) is 24.7 Å². The molecule has 0 radical (unpaired) electrons. The average molecular weight is 502 g/mol. The molecule has 0 saturated heterocycles. The van der Waals surface area contributed by atoms with Gasteiger partial charge in [0.2, 0.25) is 5.82 Å². The van der Waals surface area contributed by atoms with Crippen molar-refractivity contribution < 1.29 is 4.79 Å². The Bertz CT molecular complexity index is 1500. The third-order valence-corrected chi connectivity index (χ3v) is 6.38. The monoisotopic (exact) mass is 501 g/mol. The van der Waals surface area contributed by atoms with E-state index in [4.69, 9.17) is 28.3 Å². The maximum Gasteiger partial charge on any atom is 0.293 e. The van der Waals surface area contributed by atoms with Crippen LogP contribution in [0.25, 0.3) is 28.0 Å². The van der Waals surface area contributed by atoms with Crippen LogP contribution in [0.5, 0.6) is 0 Å². The predicted octanol–water partition coefficient (Wildman–Crippen LogP) is 6.08. The van der Waals surface area contributed by atoms with Crippen LogP contribution in [-0.4, -0.2) is 44.2 Å². The Balaban J connectivity index is 1.56. The van der Waals surface area contributed by atoms with Gasteiger partial charge < -0.3 is 4.90 Å². The molecule has 0 bridgehead atoms. The Morgan fingerprint density at radius 2 is 1.60 bits per heavy atom. The Hall–Kier alpha value is -3.74. The molecule has 0 aliphatic heterocycles. The Kier molecular flexibility index (Phi) is 6.49. The molecule has 2 heterocycles. The number of benzene rings is 3. The van der Waals surface area contributed by atoms with E-state index in [1.807, 2.05) is 84.9 Å². The van der Waals surface area contributed by atoms with E-state index in [2.05, 4.69) is 10.2 Å². The third-order valence-electron chi connectivity index (χ3n) is 5.79. The number of nitrogens with zero attached hydrogens (tertiary/aromatic N) is 5. The van der Waals surface area contributed by atoms with Crippen molar-refractivity contribution in [3.63, 3.8) is 0 Å². The summed E-state index contributed by atoms with van der Waals surface area (Å²) >= 11 is 12.6. The minimum Gasteiger partial charge on any atom is -0.339 e. The summed E-state index contributed by atoms with van der Waals surface area (Å²) in [5, 5.41) is 14.4. The molecule has 174 valence electrons. The van der Waals surface area contributed by atoms with Gasteiger partial charge in [-0.15, -0.1) is 10.2 Å². The lowest BCUT2D eigenvalue weighted by Crippen LogP contribution is -2.30. The molecule has 0 N–H and O–H groups in total. The van der Waals surface area contributed by atoms with Crippen LogP contribution in [0.4, 0.5) is 0 Å². The minimum absolute atomic E-state index is 0.145. The summed E-state index contributed by atoms with van der Waals surface area (Å²) in [6.07, 6.45) is 0.735. The van der Waals surface area contributed by atoms with Gasteiger partial charge in [-0.3, -0.25) is 4.79 Å². The molecule has 2 aromatic heterocycles. The highest BCUT2D eigenvalue weighted by Gasteiger charge is 2.22. The Morgan fingerprint density at radius 1 is 0.886 bits per heavy atom. The molecule has 0 saturated carbocycles. The van der Waals surface area contributed by atoms with Crippen molar-refractivity contribution in [2.75, 3.05) is 13.6 Å². The number of carbonyl (C=O) groups is 1. The lowest BCUT2D eigenvalue weighted by atomic mass is 10.00.